The van der Waals surface area contributed by atoms with Crippen LogP contribution in [0.3, 0.4) is 0 Å². The standard InChI is InChI=1S/C20H12F2/c21-18-12-17(13-19(22)14-18)20-9-5-4-8-16(20)11-10-15-6-2-1-3-7-15/h1-9,12-14H. The zero-order valence-electron chi connectivity index (χ0n) is 11.7. The maximum Gasteiger partial charge on any atom is 0.126 e. The van der Waals surface area contributed by atoms with E-state index < -0.39 is 11.6 Å². The molecular weight excluding hydrogens is 278 g/mol. The third-order valence-electron chi connectivity index (χ3n) is 3.22. The van der Waals surface area contributed by atoms with Crippen molar-refractivity contribution in [3.63, 3.8) is 0 Å². The Labute approximate surface area is 128 Å². The Balaban J connectivity index is 2.06. The van der Waals surface area contributed by atoms with Crippen LogP contribution in [0.2, 0.25) is 0 Å². The van der Waals surface area contributed by atoms with Crippen molar-refractivity contribution in [1.82, 2.24) is 0 Å². The summed E-state index contributed by atoms with van der Waals surface area (Å²) in [6.45, 7) is 0. The Morgan fingerprint density at radius 2 is 1.27 bits per heavy atom. The monoisotopic (exact) mass is 290 g/mol. The summed E-state index contributed by atoms with van der Waals surface area (Å²) in [6, 6.07) is 20.4. The topological polar surface area (TPSA) is 0 Å². The lowest BCUT2D eigenvalue weighted by Gasteiger charge is -2.05. The highest BCUT2D eigenvalue weighted by atomic mass is 19.1. The molecule has 0 aromatic heterocycles. The number of halogens is 2. The summed E-state index contributed by atoms with van der Waals surface area (Å²) in [4.78, 5) is 0. The van der Waals surface area contributed by atoms with E-state index in [1.54, 1.807) is 0 Å². The highest BCUT2D eigenvalue weighted by Gasteiger charge is 2.06. The van der Waals surface area contributed by atoms with E-state index in [0.29, 0.717) is 11.1 Å². The molecule has 0 heterocycles. The molecule has 0 aliphatic carbocycles. The third kappa shape index (κ3) is 3.21. The second kappa shape index (κ2) is 6.24. The van der Waals surface area contributed by atoms with Crippen LogP contribution in [0.4, 0.5) is 8.78 Å². The minimum absolute atomic E-state index is 0.482. The van der Waals surface area contributed by atoms with E-state index in [9.17, 15) is 8.78 Å². The van der Waals surface area contributed by atoms with Gasteiger partial charge in [0.15, 0.2) is 0 Å². The van der Waals surface area contributed by atoms with Gasteiger partial charge in [-0.3, -0.25) is 0 Å². The molecule has 0 unspecified atom stereocenters. The van der Waals surface area contributed by atoms with Gasteiger partial charge in [-0.15, -0.1) is 0 Å². The van der Waals surface area contributed by atoms with Crippen LogP contribution in [0, 0.1) is 23.5 Å². The fourth-order valence-electron chi connectivity index (χ4n) is 2.21. The van der Waals surface area contributed by atoms with Crippen LogP contribution in [-0.4, -0.2) is 0 Å². The van der Waals surface area contributed by atoms with Crippen LogP contribution < -0.4 is 0 Å². The molecule has 3 rings (SSSR count). The molecule has 22 heavy (non-hydrogen) atoms. The number of benzene rings is 3. The van der Waals surface area contributed by atoms with Gasteiger partial charge in [0.1, 0.15) is 11.6 Å². The molecular formula is C20H12F2. The van der Waals surface area contributed by atoms with Crippen LogP contribution in [0.5, 0.6) is 0 Å². The lowest BCUT2D eigenvalue weighted by Crippen LogP contribution is -1.88. The summed E-state index contributed by atoms with van der Waals surface area (Å²) in [6.07, 6.45) is 0. The maximum atomic E-state index is 13.4. The van der Waals surface area contributed by atoms with Crippen molar-refractivity contribution in [2.24, 2.45) is 0 Å². The minimum atomic E-state index is -0.596. The first-order valence-corrected chi connectivity index (χ1v) is 6.85. The zero-order chi connectivity index (χ0) is 15.4. The van der Waals surface area contributed by atoms with Crippen molar-refractivity contribution in [3.05, 3.63) is 95.6 Å². The molecule has 3 aromatic rings. The van der Waals surface area contributed by atoms with Crippen LogP contribution in [-0.2, 0) is 0 Å². The average Bonchev–Trinajstić information content (AvgIpc) is 2.53. The molecule has 0 atom stereocenters. The zero-order valence-corrected chi connectivity index (χ0v) is 11.7. The molecule has 0 N–H and O–H groups in total. The molecule has 0 fully saturated rings. The van der Waals surface area contributed by atoms with Gasteiger partial charge in [0.25, 0.3) is 0 Å². The predicted molar refractivity (Wildman–Crippen MR) is 84.2 cm³/mol. The minimum Gasteiger partial charge on any atom is -0.207 e. The molecule has 0 aliphatic rings. The van der Waals surface area contributed by atoms with Crippen molar-refractivity contribution in [1.29, 1.82) is 0 Å². The molecule has 0 spiro atoms. The summed E-state index contributed by atoms with van der Waals surface area (Å²) in [5, 5.41) is 0. The SMILES string of the molecule is Fc1cc(F)cc(-c2ccccc2C#Cc2ccccc2)c1. The van der Waals surface area contributed by atoms with Crippen LogP contribution >= 0.6 is 0 Å². The molecule has 0 saturated carbocycles. The normalized spacial score (nSPS) is 9.91. The van der Waals surface area contributed by atoms with Crippen molar-refractivity contribution >= 4 is 0 Å². The Morgan fingerprint density at radius 1 is 0.636 bits per heavy atom. The summed E-state index contributed by atoms with van der Waals surface area (Å²) < 4.78 is 26.8. The van der Waals surface area contributed by atoms with Gasteiger partial charge in [0.2, 0.25) is 0 Å². The molecule has 3 aromatic carbocycles. The van der Waals surface area contributed by atoms with Crippen molar-refractivity contribution in [2.45, 2.75) is 0 Å². The Kier molecular flexibility index (Phi) is 3.98. The van der Waals surface area contributed by atoms with Gasteiger partial charge in [-0.05, 0) is 41.5 Å². The fourth-order valence-corrected chi connectivity index (χ4v) is 2.21. The van der Waals surface area contributed by atoms with E-state index in [2.05, 4.69) is 11.8 Å². The molecule has 0 radical (unpaired) electrons. The molecule has 0 amide bonds. The van der Waals surface area contributed by atoms with Gasteiger partial charge in [0, 0.05) is 17.2 Å². The maximum absolute atomic E-state index is 13.4. The van der Waals surface area contributed by atoms with Gasteiger partial charge < -0.3 is 0 Å². The highest BCUT2D eigenvalue weighted by molar-refractivity contribution is 5.71. The quantitative estimate of drug-likeness (QED) is 0.551. The smallest absolute Gasteiger partial charge is 0.126 e. The number of rotatable bonds is 1. The summed E-state index contributed by atoms with van der Waals surface area (Å²) in [5.41, 5.74) is 2.82. The van der Waals surface area contributed by atoms with Crippen molar-refractivity contribution in [3.8, 4) is 23.0 Å². The van der Waals surface area contributed by atoms with Crippen LogP contribution in [0.25, 0.3) is 11.1 Å². The second-order valence-corrected chi connectivity index (χ2v) is 4.82. The van der Waals surface area contributed by atoms with E-state index in [-0.39, 0.29) is 0 Å². The lowest BCUT2D eigenvalue weighted by molar-refractivity contribution is 0.584. The van der Waals surface area contributed by atoms with Crippen molar-refractivity contribution < 1.29 is 8.78 Å². The molecule has 0 saturated heterocycles. The molecule has 2 heteroatoms. The second-order valence-electron chi connectivity index (χ2n) is 4.82. The molecule has 0 bridgehead atoms. The van der Waals surface area contributed by atoms with Crippen LogP contribution in [0.1, 0.15) is 11.1 Å². The van der Waals surface area contributed by atoms with Gasteiger partial charge in [-0.25, -0.2) is 8.78 Å². The Morgan fingerprint density at radius 3 is 2.00 bits per heavy atom. The Bertz CT molecular complexity index is 835. The van der Waals surface area contributed by atoms with Crippen LogP contribution in [0.15, 0.2) is 72.8 Å². The molecule has 106 valence electrons. The van der Waals surface area contributed by atoms with E-state index >= 15 is 0 Å². The summed E-state index contributed by atoms with van der Waals surface area (Å²) in [5.74, 6) is 4.94. The molecule has 0 aliphatic heterocycles. The van der Waals surface area contributed by atoms with E-state index in [4.69, 9.17) is 0 Å². The average molecular weight is 290 g/mol. The Hall–Kier alpha value is -2.92. The number of hydrogen-bond acceptors (Lipinski definition) is 0. The van der Waals surface area contributed by atoms with E-state index in [1.165, 1.54) is 12.1 Å². The van der Waals surface area contributed by atoms with Gasteiger partial charge in [-0.2, -0.15) is 0 Å². The first kappa shape index (κ1) is 14.0. The first-order valence-electron chi connectivity index (χ1n) is 6.85. The first-order chi connectivity index (χ1) is 10.7. The van der Waals surface area contributed by atoms with E-state index in [0.717, 1.165) is 17.2 Å². The fraction of sp³-hybridized carbons (Fsp3) is 0. The number of hydrogen-bond donors (Lipinski definition) is 0. The third-order valence-corrected chi connectivity index (χ3v) is 3.22. The van der Waals surface area contributed by atoms with E-state index in [1.807, 2.05) is 54.6 Å². The summed E-state index contributed by atoms with van der Waals surface area (Å²) >= 11 is 0. The van der Waals surface area contributed by atoms with Gasteiger partial charge in [-0.1, -0.05) is 48.2 Å². The van der Waals surface area contributed by atoms with Gasteiger partial charge in [0.05, 0.1) is 0 Å². The van der Waals surface area contributed by atoms with Gasteiger partial charge >= 0.3 is 0 Å². The lowest BCUT2D eigenvalue weighted by atomic mass is 9.99. The predicted octanol–water partition coefficient (Wildman–Crippen LogP) is 5.03. The largest absolute Gasteiger partial charge is 0.207 e. The summed E-state index contributed by atoms with van der Waals surface area (Å²) in [7, 11) is 0. The molecule has 0 nitrogen and oxygen atoms in total. The van der Waals surface area contributed by atoms with Crippen molar-refractivity contribution in [2.75, 3.05) is 0 Å². The highest BCUT2D eigenvalue weighted by Crippen LogP contribution is 2.25.